The van der Waals surface area contributed by atoms with Gasteiger partial charge in [-0.3, -0.25) is 14.8 Å². The van der Waals surface area contributed by atoms with Gasteiger partial charge >= 0.3 is 0 Å². The molecule has 1 atom stereocenters. The van der Waals surface area contributed by atoms with E-state index in [-0.39, 0.29) is 11.8 Å². The lowest BCUT2D eigenvalue weighted by Gasteiger charge is -2.33. The zero-order chi connectivity index (χ0) is 17.6. The first-order chi connectivity index (χ1) is 12.2. The van der Waals surface area contributed by atoms with Gasteiger partial charge < -0.3 is 9.32 Å². The van der Waals surface area contributed by atoms with Gasteiger partial charge in [0.2, 0.25) is 5.91 Å². The van der Waals surface area contributed by atoms with Gasteiger partial charge in [-0.15, -0.1) is 0 Å². The second-order valence-corrected chi connectivity index (χ2v) is 6.98. The third kappa shape index (κ3) is 4.72. The average Bonchev–Trinajstić information content (AvgIpc) is 3.27. The molecular formula is C19H28N4O2. The molecule has 1 N–H and O–H groups in total. The van der Waals surface area contributed by atoms with E-state index in [2.05, 4.69) is 28.1 Å². The normalized spacial score (nSPS) is 18.4. The van der Waals surface area contributed by atoms with E-state index in [1.165, 1.54) is 0 Å². The van der Waals surface area contributed by atoms with Gasteiger partial charge in [0.15, 0.2) is 0 Å². The van der Waals surface area contributed by atoms with E-state index in [4.69, 9.17) is 4.42 Å². The predicted molar refractivity (Wildman–Crippen MR) is 95.8 cm³/mol. The maximum Gasteiger partial charge on any atom is 0.227 e. The van der Waals surface area contributed by atoms with Gasteiger partial charge in [-0.1, -0.05) is 13.3 Å². The van der Waals surface area contributed by atoms with Crippen molar-refractivity contribution in [2.75, 3.05) is 20.1 Å². The summed E-state index contributed by atoms with van der Waals surface area (Å²) in [6.45, 7) is 5.33. The van der Waals surface area contributed by atoms with Gasteiger partial charge in [0, 0.05) is 13.6 Å². The van der Waals surface area contributed by atoms with Crippen LogP contribution in [0.5, 0.6) is 0 Å². The maximum atomic E-state index is 12.8. The number of hydrogen-bond acceptors (Lipinski definition) is 4. The highest BCUT2D eigenvalue weighted by atomic mass is 16.3. The number of rotatable bonds is 7. The van der Waals surface area contributed by atoms with Crippen molar-refractivity contribution in [1.29, 1.82) is 0 Å². The molecule has 0 bridgehead atoms. The maximum absolute atomic E-state index is 12.8. The molecule has 0 radical (unpaired) electrons. The quantitative estimate of drug-likeness (QED) is 0.839. The summed E-state index contributed by atoms with van der Waals surface area (Å²) in [5.74, 6) is 1.24. The summed E-state index contributed by atoms with van der Waals surface area (Å²) in [4.78, 5) is 17.0. The summed E-state index contributed by atoms with van der Waals surface area (Å²) in [6, 6.07) is 5.97. The topological polar surface area (TPSA) is 65.4 Å². The zero-order valence-electron chi connectivity index (χ0n) is 15.2. The van der Waals surface area contributed by atoms with Gasteiger partial charge in [0.25, 0.3) is 0 Å². The van der Waals surface area contributed by atoms with Crippen LogP contribution in [0.1, 0.15) is 43.3 Å². The van der Waals surface area contributed by atoms with Crippen LogP contribution in [-0.2, 0) is 24.3 Å². The van der Waals surface area contributed by atoms with Gasteiger partial charge in [-0.05, 0) is 44.0 Å². The molecule has 0 aliphatic carbocycles. The third-order valence-corrected chi connectivity index (χ3v) is 4.79. The van der Waals surface area contributed by atoms with Crippen LogP contribution in [0.2, 0.25) is 0 Å². The number of carbonyl (C=O) groups is 1. The van der Waals surface area contributed by atoms with E-state index >= 15 is 0 Å². The van der Waals surface area contributed by atoms with E-state index in [0.29, 0.717) is 6.54 Å². The predicted octanol–water partition coefficient (Wildman–Crippen LogP) is 2.83. The van der Waals surface area contributed by atoms with E-state index < -0.39 is 0 Å². The van der Waals surface area contributed by atoms with Crippen molar-refractivity contribution in [1.82, 2.24) is 20.0 Å². The molecule has 1 aliphatic rings. The van der Waals surface area contributed by atoms with E-state index in [1.54, 1.807) is 6.26 Å². The minimum Gasteiger partial charge on any atom is -0.468 e. The largest absolute Gasteiger partial charge is 0.468 e. The van der Waals surface area contributed by atoms with Crippen LogP contribution < -0.4 is 0 Å². The number of piperidine rings is 1. The second kappa shape index (κ2) is 8.34. The van der Waals surface area contributed by atoms with E-state index in [0.717, 1.165) is 62.5 Å². The molecule has 1 fully saturated rings. The number of aromatic amines is 1. The van der Waals surface area contributed by atoms with E-state index in [9.17, 15) is 4.79 Å². The van der Waals surface area contributed by atoms with Gasteiger partial charge in [0.05, 0.1) is 36.7 Å². The summed E-state index contributed by atoms with van der Waals surface area (Å²) in [5, 5.41) is 7.35. The minimum atomic E-state index is 0.0618. The molecule has 0 saturated carbocycles. The lowest BCUT2D eigenvalue weighted by Crippen LogP contribution is -2.43. The molecular weight excluding hydrogens is 316 g/mol. The molecule has 1 amide bonds. The number of nitrogens with zero attached hydrogens (tertiary/aromatic N) is 3. The summed E-state index contributed by atoms with van der Waals surface area (Å²) in [6.07, 6.45) is 5.76. The Morgan fingerprint density at radius 1 is 1.52 bits per heavy atom. The smallest absolute Gasteiger partial charge is 0.227 e. The fourth-order valence-electron chi connectivity index (χ4n) is 3.54. The highest BCUT2D eigenvalue weighted by Crippen LogP contribution is 2.21. The van der Waals surface area contributed by atoms with Crippen molar-refractivity contribution in [3.63, 3.8) is 0 Å². The molecule has 2 aromatic heterocycles. The number of amides is 1. The molecule has 3 rings (SSSR count). The molecule has 0 spiro atoms. The number of furan rings is 1. The zero-order valence-corrected chi connectivity index (χ0v) is 15.2. The van der Waals surface area contributed by atoms with Crippen LogP contribution >= 0.6 is 0 Å². The van der Waals surface area contributed by atoms with Crippen LogP contribution in [0.4, 0.5) is 0 Å². The Hall–Kier alpha value is -2.08. The fourth-order valence-corrected chi connectivity index (χ4v) is 3.54. The first-order valence-electron chi connectivity index (χ1n) is 9.18. The van der Waals surface area contributed by atoms with Crippen molar-refractivity contribution in [2.24, 2.45) is 5.92 Å². The van der Waals surface area contributed by atoms with Crippen molar-refractivity contribution in [3.8, 4) is 0 Å². The number of aryl methyl sites for hydroxylation is 1. The number of aromatic nitrogens is 2. The molecule has 3 heterocycles. The van der Waals surface area contributed by atoms with Gasteiger partial charge in [-0.2, -0.15) is 5.10 Å². The highest BCUT2D eigenvalue weighted by molar-refractivity contribution is 5.78. The number of carbonyl (C=O) groups excluding carboxylic acids is 1. The summed E-state index contributed by atoms with van der Waals surface area (Å²) >= 11 is 0. The fraction of sp³-hybridized carbons (Fsp3) is 0.579. The molecule has 2 aromatic rings. The Labute approximate surface area is 149 Å². The number of hydrogen-bond donors (Lipinski definition) is 1. The van der Waals surface area contributed by atoms with Crippen LogP contribution in [0.3, 0.4) is 0 Å². The summed E-state index contributed by atoms with van der Waals surface area (Å²) in [7, 11) is 1.88. The molecule has 25 heavy (non-hydrogen) atoms. The minimum absolute atomic E-state index is 0.0618. The van der Waals surface area contributed by atoms with Crippen molar-refractivity contribution in [2.45, 2.75) is 45.7 Å². The average molecular weight is 344 g/mol. The first-order valence-corrected chi connectivity index (χ1v) is 9.18. The number of H-pyrrole nitrogens is 1. The Morgan fingerprint density at radius 3 is 3.16 bits per heavy atom. The van der Waals surface area contributed by atoms with Crippen LogP contribution in [-0.4, -0.2) is 46.0 Å². The van der Waals surface area contributed by atoms with Crippen LogP contribution in [0, 0.1) is 5.92 Å². The SMILES string of the molecule is CCCc1cc(CN(C)C(=O)[C@H]2CCCN(Cc3ccco3)C2)[nH]n1. The summed E-state index contributed by atoms with van der Waals surface area (Å²) in [5.41, 5.74) is 2.07. The summed E-state index contributed by atoms with van der Waals surface area (Å²) < 4.78 is 5.43. The molecule has 6 nitrogen and oxygen atoms in total. The van der Waals surface area contributed by atoms with Crippen LogP contribution in [0.15, 0.2) is 28.9 Å². The van der Waals surface area contributed by atoms with Gasteiger partial charge in [0.1, 0.15) is 5.76 Å². The number of likely N-dealkylation sites (tertiary alicyclic amines) is 1. The molecule has 1 saturated heterocycles. The Kier molecular flexibility index (Phi) is 5.91. The Morgan fingerprint density at radius 2 is 2.40 bits per heavy atom. The third-order valence-electron chi connectivity index (χ3n) is 4.79. The molecule has 136 valence electrons. The standard InChI is InChI=1S/C19H28N4O2/c1-3-6-16-11-17(21-20-16)13-22(2)19(24)15-7-4-9-23(12-15)14-18-8-5-10-25-18/h5,8,10-11,15H,3-4,6-7,9,12-14H2,1-2H3,(H,20,21)/t15-/m0/s1. The van der Waals surface area contributed by atoms with Crippen molar-refractivity contribution in [3.05, 3.63) is 41.6 Å². The van der Waals surface area contributed by atoms with E-state index in [1.807, 2.05) is 24.1 Å². The highest BCUT2D eigenvalue weighted by Gasteiger charge is 2.28. The van der Waals surface area contributed by atoms with Crippen molar-refractivity contribution < 1.29 is 9.21 Å². The Bertz CT molecular complexity index is 665. The lowest BCUT2D eigenvalue weighted by molar-refractivity contribution is -0.136. The monoisotopic (exact) mass is 344 g/mol. The second-order valence-electron chi connectivity index (χ2n) is 6.98. The Balaban J connectivity index is 1.53. The molecule has 6 heteroatoms. The number of nitrogens with one attached hydrogen (secondary N) is 1. The molecule has 0 unspecified atom stereocenters. The lowest BCUT2D eigenvalue weighted by atomic mass is 9.96. The first kappa shape index (κ1) is 17.7. The molecule has 1 aliphatic heterocycles. The van der Waals surface area contributed by atoms with Crippen LogP contribution in [0.25, 0.3) is 0 Å². The van der Waals surface area contributed by atoms with Crippen molar-refractivity contribution >= 4 is 5.91 Å². The molecule has 0 aromatic carbocycles. The van der Waals surface area contributed by atoms with Gasteiger partial charge in [-0.25, -0.2) is 0 Å².